The first-order chi connectivity index (χ1) is 30.5. The van der Waals surface area contributed by atoms with Crippen LogP contribution in [0.15, 0.2) is 151 Å². The maximum Gasteiger partial charge on any atom is 0.295 e. The molecule has 6 aromatic rings. The number of benzene rings is 6. The van der Waals surface area contributed by atoms with E-state index in [2.05, 4.69) is 18.9 Å². The van der Waals surface area contributed by atoms with Gasteiger partial charge in [0.1, 0.15) is 9.79 Å². The summed E-state index contributed by atoms with van der Waals surface area (Å²) < 4.78 is 183. The molecule has 0 heterocycles. The largest absolute Gasteiger partial charge is 0.295 e. The summed E-state index contributed by atoms with van der Waals surface area (Å²) in [6, 6.07) is 21.8. The lowest BCUT2D eigenvalue weighted by atomic mass is 10.1. The Bertz CT molecular complexity index is 3400. The first-order valence-electron chi connectivity index (χ1n) is 17.7. The van der Waals surface area contributed by atoms with Crippen LogP contribution >= 0.6 is 46.4 Å². The number of hydrogen-bond acceptors (Lipinski definition) is 12. The zero-order valence-corrected chi connectivity index (χ0v) is 40.4. The summed E-state index contributed by atoms with van der Waals surface area (Å²) in [6.45, 7) is 0. The van der Waals surface area contributed by atoms with Crippen LogP contribution in [0, 0.1) is 0 Å². The summed E-state index contributed by atoms with van der Waals surface area (Å²) in [5, 5.41) is 0.206. The van der Waals surface area contributed by atoms with E-state index >= 15 is 0 Å². The van der Waals surface area contributed by atoms with Crippen molar-refractivity contribution in [3.05, 3.63) is 153 Å². The van der Waals surface area contributed by atoms with Crippen molar-refractivity contribution in [3.8, 4) is 0 Å². The van der Waals surface area contributed by atoms with Gasteiger partial charge in [-0.1, -0.05) is 70.7 Å². The molecule has 6 rings (SSSR count). The third kappa shape index (κ3) is 12.1. The van der Waals surface area contributed by atoms with Crippen molar-refractivity contribution in [2.45, 2.75) is 29.4 Å². The predicted octanol–water partition coefficient (Wildman–Crippen LogP) is 8.17. The number of sulfonamides is 4. The van der Waals surface area contributed by atoms with Gasteiger partial charge in [0.15, 0.2) is 0 Å². The maximum absolute atomic E-state index is 13.2. The summed E-state index contributed by atoms with van der Waals surface area (Å²) in [5.41, 5.74) is -1.39. The van der Waals surface area contributed by atoms with Gasteiger partial charge in [-0.15, -0.1) is 0 Å². The highest BCUT2D eigenvalue weighted by Crippen LogP contribution is 2.31. The van der Waals surface area contributed by atoms with Crippen LogP contribution in [0.4, 0.5) is 22.7 Å². The van der Waals surface area contributed by atoms with Crippen LogP contribution in [0.5, 0.6) is 0 Å². The molecule has 0 atom stereocenters. The highest BCUT2D eigenvalue weighted by Gasteiger charge is 2.23. The van der Waals surface area contributed by atoms with Crippen LogP contribution in [0.25, 0.3) is 12.2 Å². The summed E-state index contributed by atoms with van der Waals surface area (Å²) >= 11 is 23.5. The van der Waals surface area contributed by atoms with Crippen LogP contribution < -0.4 is 18.9 Å². The molecule has 6 N–H and O–H groups in total. The highest BCUT2D eigenvalue weighted by atomic mass is 35.5. The number of rotatable bonds is 16. The normalized spacial score (nSPS) is 12.8. The van der Waals surface area contributed by atoms with Crippen molar-refractivity contribution in [2.75, 3.05) is 18.9 Å². The fourth-order valence-electron chi connectivity index (χ4n) is 5.65. The third-order valence-electron chi connectivity index (χ3n) is 8.77. The van der Waals surface area contributed by atoms with Crippen molar-refractivity contribution in [2.24, 2.45) is 0 Å². The van der Waals surface area contributed by atoms with Gasteiger partial charge in [0.05, 0.1) is 51.0 Å². The van der Waals surface area contributed by atoms with Gasteiger partial charge in [-0.25, -0.2) is 33.7 Å². The van der Waals surface area contributed by atoms with Crippen LogP contribution in [0.2, 0.25) is 20.1 Å². The van der Waals surface area contributed by atoms with Crippen molar-refractivity contribution >= 4 is 142 Å². The molecule has 0 aliphatic carbocycles. The van der Waals surface area contributed by atoms with Crippen LogP contribution in [0.3, 0.4) is 0 Å². The van der Waals surface area contributed by atoms with E-state index in [-0.39, 0.29) is 73.5 Å². The van der Waals surface area contributed by atoms with E-state index in [1.54, 1.807) is 0 Å². The minimum absolute atomic E-state index is 0.0183. The lowest BCUT2D eigenvalue weighted by Crippen LogP contribution is -2.15. The van der Waals surface area contributed by atoms with Gasteiger partial charge >= 0.3 is 0 Å². The van der Waals surface area contributed by atoms with E-state index in [1.807, 2.05) is 0 Å². The number of anilines is 4. The number of halogens is 4. The summed E-state index contributed by atoms with van der Waals surface area (Å²) in [7, 11) is -27.5. The second-order valence-corrected chi connectivity index (χ2v) is 24.5. The molecule has 18 nitrogen and oxygen atoms in total. The molecule has 0 amide bonds. The van der Waals surface area contributed by atoms with Crippen molar-refractivity contribution < 1.29 is 59.6 Å². The van der Waals surface area contributed by atoms with Gasteiger partial charge in [0.25, 0.3) is 60.3 Å². The first kappa shape index (κ1) is 50.5. The Hall–Kier alpha value is -4.96. The van der Waals surface area contributed by atoms with Crippen LogP contribution in [-0.2, 0) is 60.3 Å². The van der Waals surface area contributed by atoms with E-state index in [1.165, 1.54) is 24.3 Å². The van der Waals surface area contributed by atoms with E-state index in [4.69, 9.17) is 46.4 Å². The van der Waals surface area contributed by atoms with Gasteiger partial charge in [0.2, 0.25) is 0 Å². The van der Waals surface area contributed by atoms with E-state index in [0.29, 0.717) is 0 Å². The molecule has 66 heavy (non-hydrogen) atoms. The number of hydrogen-bond donors (Lipinski definition) is 6. The Labute approximate surface area is 398 Å². The predicted molar refractivity (Wildman–Crippen MR) is 250 cm³/mol. The molecule has 0 radical (unpaired) electrons. The molecule has 0 bridgehead atoms. The highest BCUT2D eigenvalue weighted by molar-refractivity contribution is 7.93. The number of nitrogens with one attached hydrogen (secondary N) is 4. The van der Waals surface area contributed by atoms with Crippen molar-refractivity contribution in [3.63, 3.8) is 0 Å². The lowest BCUT2D eigenvalue weighted by molar-refractivity contribution is 0.480. The zero-order chi connectivity index (χ0) is 48.6. The maximum atomic E-state index is 13.2. The molecule has 0 aliphatic rings. The molecule has 0 saturated carbocycles. The molecular formula is C38H28Cl4N4O14S6. The summed E-state index contributed by atoms with van der Waals surface area (Å²) in [4.78, 5) is -2.92. The van der Waals surface area contributed by atoms with Crippen LogP contribution in [-0.4, -0.2) is 59.6 Å². The molecule has 0 aromatic heterocycles. The smallest absolute Gasteiger partial charge is 0.282 e. The molecule has 0 saturated heterocycles. The lowest BCUT2D eigenvalue weighted by Gasteiger charge is -2.13. The first-order valence-corrected chi connectivity index (χ1v) is 28.0. The Morgan fingerprint density at radius 2 is 0.606 bits per heavy atom. The Kier molecular flexibility index (Phi) is 14.5. The monoisotopic (exact) mass is 1100 g/mol. The summed E-state index contributed by atoms with van der Waals surface area (Å²) in [6.07, 6.45) is 2.01. The van der Waals surface area contributed by atoms with Crippen molar-refractivity contribution in [1.29, 1.82) is 0 Å². The molecule has 6 aromatic carbocycles. The molecule has 0 unspecified atom stereocenters. The SMILES string of the molecule is O=S(=O)(O)c1cc(NS(=O)(=O)c2ccc(NS(=O)(=O)c3ccc(Cl)c(Cl)c3)cc2)ccc1C=Cc1ccc(NS(=O)(=O)c2ccc(NS(=O)(=O)c3ccc(Cl)c(Cl)c3)cc2)cc1S(=O)(=O)O. The van der Waals surface area contributed by atoms with E-state index in [9.17, 15) is 59.6 Å². The molecule has 0 spiro atoms. The molecule has 28 heteroatoms. The third-order valence-corrected chi connectivity index (χ3v) is 17.6. The average Bonchev–Trinajstić information content (AvgIpc) is 3.21. The topological polar surface area (TPSA) is 293 Å². The summed E-state index contributed by atoms with van der Waals surface area (Å²) in [5.74, 6) is 0. The fourth-order valence-corrected chi connectivity index (χ4v) is 12.1. The minimum atomic E-state index is -5.11. The Balaban J connectivity index is 1.18. The van der Waals surface area contributed by atoms with Gasteiger partial charge in [-0.05, 0) is 120 Å². The molecular weight excluding hydrogens is 1070 g/mol. The molecule has 0 aliphatic heterocycles. The van der Waals surface area contributed by atoms with Gasteiger partial charge in [-0.3, -0.25) is 28.0 Å². The van der Waals surface area contributed by atoms with Gasteiger partial charge in [0, 0.05) is 11.4 Å². The van der Waals surface area contributed by atoms with E-state index in [0.717, 1.165) is 109 Å². The second-order valence-electron chi connectivity index (χ2n) is 13.4. The Morgan fingerprint density at radius 3 is 0.909 bits per heavy atom. The zero-order valence-electron chi connectivity index (χ0n) is 32.5. The van der Waals surface area contributed by atoms with Crippen molar-refractivity contribution in [1.82, 2.24) is 0 Å². The second kappa shape index (κ2) is 19.0. The van der Waals surface area contributed by atoms with Gasteiger partial charge < -0.3 is 0 Å². The standard InChI is InChI=1S/C38H28Cl4N4O14S6/c39-33-17-15-31(21-35(33)41)63(51,52)43-25-7-11-29(12-8-25)61(47,48)45-27-5-3-23(37(19-27)65(55,56)57)1-2-24-4-6-28(20-38(24)66(58,59)60)46-62(49,50)30-13-9-26(10-14-30)44-64(53,54)32-16-18-34(40)36(42)22-32/h1-22,43-46H,(H,55,56,57)(H,58,59,60). The molecule has 0 fully saturated rings. The molecule has 348 valence electrons. The minimum Gasteiger partial charge on any atom is -0.282 e. The van der Waals surface area contributed by atoms with Gasteiger partial charge in [-0.2, -0.15) is 16.8 Å². The Morgan fingerprint density at radius 1 is 0.333 bits per heavy atom. The van der Waals surface area contributed by atoms with Crippen LogP contribution in [0.1, 0.15) is 11.1 Å². The fraction of sp³-hybridized carbons (Fsp3) is 0. The average molecular weight is 1100 g/mol. The van der Waals surface area contributed by atoms with E-state index < -0.39 is 70.1 Å². The quantitative estimate of drug-likeness (QED) is 0.0394.